The number of para-hydroxylation sites is 2. The van der Waals surface area contributed by atoms with E-state index in [1.54, 1.807) is 0 Å². The molecule has 5 nitrogen and oxygen atoms in total. The maximum atomic E-state index is 11.5. The first-order chi connectivity index (χ1) is 12.7. The molecule has 1 aliphatic heterocycles. The van der Waals surface area contributed by atoms with Crippen LogP contribution in [0.1, 0.15) is 25.1 Å². The van der Waals surface area contributed by atoms with Crippen LogP contribution in [-0.2, 0) is 4.74 Å². The zero-order chi connectivity index (χ0) is 18.5. The quantitative estimate of drug-likeness (QED) is 0.722. The van der Waals surface area contributed by atoms with Crippen molar-refractivity contribution in [3.63, 3.8) is 0 Å². The molecule has 0 spiro atoms. The zero-order valence-corrected chi connectivity index (χ0v) is 14.7. The van der Waals surface area contributed by atoms with Crippen LogP contribution >= 0.6 is 0 Å². The molecular formula is C21H20N2O3. The molecule has 0 aliphatic carbocycles. The minimum Gasteiger partial charge on any atom is -0.451 e. The number of fused-ring (bicyclic) bond motifs is 3. The summed E-state index contributed by atoms with van der Waals surface area (Å²) in [6, 6.07) is 20.8. The van der Waals surface area contributed by atoms with Gasteiger partial charge in [-0.05, 0) is 24.3 Å². The SMILES string of the molecule is CC.NC(=O)OC1=C(c2ccccc2)Oc2ccccc2-n2cccc21. The van der Waals surface area contributed by atoms with Crippen LogP contribution in [-0.4, -0.2) is 10.7 Å². The van der Waals surface area contributed by atoms with Crippen molar-refractivity contribution in [1.82, 2.24) is 4.57 Å². The fraction of sp³-hybridized carbons (Fsp3) is 0.0952. The van der Waals surface area contributed by atoms with Gasteiger partial charge in [-0.1, -0.05) is 56.3 Å². The monoisotopic (exact) mass is 348 g/mol. The predicted octanol–water partition coefficient (Wildman–Crippen LogP) is 4.82. The lowest BCUT2D eigenvalue weighted by Crippen LogP contribution is -2.14. The molecule has 2 heterocycles. The molecule has 1 amide bonds. The van der Waals surface area contributed by atoms with Gasteiger partial charge in [0.2, 0.25) is 0 Å². The number of nitrogens with zero attached hydrogens (tertiary/aromatic N) is 1. The number of amides is 1. The molecule has 0 saturated heterocycles. The van der Waals surface area contributed by atoms with Gasteiger partial charge in [0.25, 0.3) is 0 Å². The Morgan fingerprint density at radius 2 is 1.65 bits per heavy atom. The lowest BCUT2D eigenvalue weighted by molar-refractivity contribution is 0.201. The average molecular weight is 348 g/mol. The molecule has 4 rings (SSSR count). The number of hydrogen-bond donors (Lipinski definition) is 1. The summed E-state index contributed by atoms with van der Waals surface area (Å²) in [7, 11) is 0. The van der Waals surface area contributed by atoms with Gasteiger partial charge in [0, 0.05) is 11.8 Å². The van der Waals surface area contributed by atoms with Crippen molar-refractivity contribution in [2.24, 2.45) is 5.73 Å². The summed E-state index contributed by atoms with van der Waals surface area (Å²) < 4.78 is 13.4. The molecule has 0 fully saturated rings. The van der Waals surface area contributed by atoms with Crippen molar-refractivity contribution in [1.29, 1.82) is 0 Å². The smallest absolute Gasteiger partial charge is 0.410 e. The van der Waals surface area contributed by atoms with Crippen LogP contribution in [0, 0.1) is 0 Å². The summed E-state index contributed by atoms with van der Waals surface area (Å²) in [5.41, 5.74) is 7.62. The highest BCUT2D eigenvalue weighted by atomic mass is 16.6. The second-order valence-corrected chi connectivity index (χ2v) is 5.28. The van der Waals surface area contributed by atoms with Crippen LogP contribution in [0.3, 0.4) is 0 Å². The van der Waals surface area contributed by atoms with Crippen molar-refractivity contribution >= 4 is 17.6 Å². The first-order valence-electron chi connectivity index (χ1n) is 8.46. The minimum absolute atomic E-state index is 0.287. The Labute approximate surface area is 152 Å². The van der Waals surface area contributed by atoms with E-state index < -0.39 is 6.09 Å². The topological polar surface area (TPSA) is 66.5 Å². The lowest BCUT2D eigenvalue weighted by atomic mass is 10.1. The largest absolute Gasteiger partial charge is 0.451 e. The molecule has 1 aliphatic rings. The zero-order valence-electron chi connectivity index (χ0n) is 14.7. The van der Waals surface area contributed by atoms with E-state index in [9.17, 15) is 4.79 Å². The molecule has 0 saturated carbocycles. The van der Waals surface area contributed by atoms with Gasteiger partial charge in [0.05, 0.1) is 11.4 Å². The van der Waals surface area contributed by atoms with Crippen LogP contribution in [0.25, 0.3) is 17.2 Å². The number of carbonyl (C=O) groups excluding carboxylic acids is 1. The lowest BCUT2D eigenvalue weighted by Gasteiger charge is -2.13. The Kier molecular flexibility index (Phi) is 5.08. The normalized spacial score (nSPS) is 11.9. The maximum Gasteiger partial charge on any atom is 0.410 e. The number of primary amides is 1. The third-order valence-electron chi connectivity index (χ3n) is 3.76. The first-order valence-corrected chi connectivity index (χ1v) is 8.46. The Balaban J connectivity index is 0.000000948. The molecule has 0 unspecified atom stereocenters. The first kappa shape index (κ1) is 17.4. The summed E-state index contributed by atoms with van der Waals surface area (Å²) in [4.78, 5) is 11.5. The number of aromatic nitrogens is 1. The molecule has 0 radical (unpaired) electrons. The van der Waals surface area contributed by atoms with E-state index in [-0.39, 0.29) is 5.76 Å². The summed E-state index contributed by atoms with van der Waals surface area (Å²) in [5.74, 6) is 1.39. The number of nitrogens with two attached hydrogens (primary N) is 1. The highest BCUT2D eigenvalue weighted by Gasteiger charge is 2.26. The summed E-state index contributed by atoms with van der Waals surface area (Å²) >= 11 is 0. The van der Waals surface area contributed by atoms with E-state index in [1.807, 2.05) is 91.3 Å². The van der Waals surface area contributed by atoms with Crippen LogP contribution in [0.2, 0.25) is 0 Å². The number of hydrogen-bond acceptors (Lipinski definition) is 3. The van der Waals surface area contributed by atoms with E-state index in [0.717, 1.165) is 11.3 Å². The molecule has 0 bridgehead atoms. The highest BCUT2D eigenvalue weighted by molar-refractivity contribution is 5.90. The summed E-state index contributed by atoms with van der Waals surface area (Å²) in [5, 5.41) is 0. The average Bonchev–Trinajstić information content (AvgIpc) is 3.12. The molecule has 2 N–H and O–H groups in total. The van der Waals surface area contributed by atoms with Crippen molar-refractivity contribution in [3.05, 3.63) is 84.2 Å². The summed E-state index contributed by atoms with van der Waals surface area (Å²) in [6.45, 7) is 4.00. The van der Waals surface area contributed by atoms with Crippen molar-refractivity contribution in [2.45, 2.75) is 13.8 Å². The van der Waals surface area contributed by atoms with Gasteiger partial charge in [0.1, 0.15) is 0 Å². The van der Waals surface area contributed by atoms with E-state index in [2.05, 4.69) is 0 Å². The van der Waals surface area contributed by atoms with Gasteiger partial charge >= 0.3 is 6.09 Å². The maximum absolute atomic E-state index is 11.5. The molecule has 132 valence electrons. The van der Waals surface area contributed by atoms with Crippen molar-refractivity contribution in [2.75, 3.05) is 0 Å². The Morgan fingerprint density at radius 3 is 2.38 bits per heavy atom. The Bertz CT molecular complexity index is 943. The molecule has 1 aromatic heterocycles. The molecule has 3 aromatic rings. The van der Waals surface area contributed by atoms with Crippen LogP contribution in [0.4, 0.5) is 4.79 Å². The Morgan fingerprint density at radius 1 is 0.962 bits per heavy atom. The highest BCUT2D eigenvalue weighted by Crippen LogP contribution is 2.38. The molecular weight excluding hydrogens is 328 g/mol. The van der Waals surface area contributed by atoms with E-state index in [1.165, 1.54) is 0 Å². The second kappa shape index (κ2) is 7.61. The van der Waals surface area contributed by atoms with Gasteiger partial charge in [-0.25, -0.2) is 4.79 Å². The minimum atomic E-state index is -0.888. The van der Waals surface area contributed by atoms with Gasteiger partial charge < -0.3 is 19.8 Å². The number of carbonyl (C=O) groups is 1. The van der Waals surface area contributed by atoms with Gasteiger partial charge in [-0.3, -0.25) is 0 Å². The van der Waals surface area contributed by atoms with Crippen LogP contribution in [0.5, 0.6) is 5.75 Å². The van der Waals surface area contributed by atoms with E-state index >= 15 is 0 Å². The number of benzene rings is 2. The number of rotatable bonds is 2. The molecule has 26 heavy (non-hydrogen) atoms. The van der Waals surface area contributed by atoms with E-state index in [0.29, 0.717) is 17.2 Å². The summed E-state index contributed by atoms with van der Waals surface area (Å²) in [6.07, 6.45) is 0.997. The molecule has 2 aromatic carbocycles. The van der Waals surface area contributed by atoms with Crippen molar-refractivity contribution in [3.8, 4) is 11.4 Å². The van der Waals surface area contributed by atoms with Crippen LogP contribution < -0.4 is 10.5 Å². The Hall–Kier alpha value is -3.47. The third-order valence-corrected chi connectivity index (χ3v) is 3.76. The molecule has 0 atom stereocenters. The number of ether oxygens (including phenoxy) is 2. The fourth-order valence-electron chi connectivity index (χ4n) is 2.77. The molecule has 5 heteroatoms. The van der Waals surface area contributed by atoms with Gasteiger partial charge in [-0.15, -0.1) is 0 Å². The second-order valence-electron chi connectivity index (χ2n) is 5.28. The standard InChI is InChI=1S/C19H14N2O3.C2H6/c20-19(22)24-18-15-10-6-12-21(15)14-9-4-5-11-16(14)23-17(18)13-7-2-1-3-8-13;1-2/h1-12H,(H2,20,22);1-2H3. The van der Waals surface area contributed by atoms with Crippen LogP contribution in [0.15, 0.2) is 72.9 Å². The van der Waals surface area contributed by atoms with Gasteiger partial charge in [-0.2, -0.15) is 0 Å². The van der Waals surface area contributed by atoms with E-state index in [4.69, 9.17) is 15.2 Å². The third kappa shape index (κ3) is 3.19. The fourth-order valence-corrected chi connectivity index (χ4v) is 2.77. The van der Waals surface area contributed by atoms with Crippen molar-refractivity contribution < 1.29 is 14.3 Å². The van der Waals surface area contributed by atoms with Gasteiger partial charge in [0.15, 0.2) is 17.3 Å². The predicted molar refractivity (Wildman–Crippen MR) is 102 cm³/mol.